The Hall–Kier alpha value is -5.49. The first-order chi connectivity index (χ1) is 22.6. The molecule has 1 fully saturated rings. The van der Waals surface area contributed by atoms with Gasteiger partial charge in [0.1, 0.15) is 12.1 Å². The fourth-order valence-electron chi connectivity index (χ4n) is 6.34. The maximum atomic E-state index is 15.2. The molecule has 0 spiro atoms. The molecular formula is C40H37N3O3. The molecule has 2 N–H and O–H groups in total. The molecule has 0 aliphatic carbocycles. The first-order valence-corrected chi connectivity index (χ1v) is 15.7. The summed E-state index contributed by atoms with van der Waals surface area (Å²) in [5.41, 5.74) is 4.41. The van der Waals surface area contributed by atoms with Gasteiger partial charge in [0.2, 0.25) is 17.7 Å². The zero-order valence-corrected chi connectivity index (χ0v) is 25.5. The zero-order valence-electron chi connectivity index (χ0n) is 25.5. The molecular weight excluding hydrogens is 570 g/mol. The van der Waals surface area contributed by atoms with Crippen LogP contribution in [0.4, 0.5) is 0 Å². The summed E-state index contributed by atoms with van der Waals surface area (Å²) in [6.45, 7) is 0.300. The van der Waals surface area contributed by atoms with Crippen molar-refractivity contribution in [2.75, 3.05) is 0 Å². The van der Waals surface area contributed by atoms with Gasteiger partial charge >= 0.3 is 0 Å². The van der Waals surface area contributed by atoms with Gasteiger partial charge < -0.3 is 15.5 Å². The normalized spacial score (nSPS) is 17.7. The molecule has 6 rings (SSSR count). The summed E-state index contributed by atoms with van der Waals surface area (Å²) in [5, 5.41) is 6.28. The summed E-state index contributed by atoms with van der Waals surface area (Å²) < 4.78 is 0. The maximum Gasteiger partial charge on any atom is 0.245 e. The van der Waals surface area contributed by atoms with Crippen LogP contribution >= 0.6 is 0 Å². The second-order valence-electron chi connectivity index (χ2n) is 11.7. The Balaban J connectivity index is 1.46. The van der Waals surface area contributed by atoms with Crippen LogP contribution in [-0.2, 0) is 33.8 Å². The van der Waals surface area contributed by atoms with E-state index >= 15 is 4.79 Å². The molecule has 0 saturated carbocycles. The van der Waals surface area contributed by atoms with E-state index in [0.29, 0.717) is 13.0 Å². The first-order valence-electron chi connectivity index (χ1n) is 15.7. The fraction of sp³-hybridized carbons (Fsp3) is 0.175. The fourth-order valence-corrected chi connectivity index (χ4v) is 6.34. The lowest BCUT2D eigenvalue weighted by atomic mass is 9.85. The van der Waals surface area contributed by atoms with Crippen LogP contribution in [0.2, 0.25) is 0 Å². The first kappa shape index (κ1) is 30.5. The number of nitrogens with zero attached hydrogens (tertiary/aromatic N) is 1. The Morgan fingerprint density at radius 2 is 1.04 bits per heavy atom. The van der Waals surface area contributed by atoms with Gasteiger partial charge in [-0.2, -0.15) is 0 Å². The molecule has 0 bridgehead atoms. The minimum absolute atomic E-state index is 0.273. The molecule has 5 aromatic rings. The lowest BCUT2D eigenvalue weighted by molar-refractivity contribution is -0.154. The van der Waals surface area contributed by atoms with Crippen molar-refractivity contribution in [1.82, 2.24) is 15.5 Å². The Bertz CT molecular complexity index is 1690. The van der Waals surface area contributed by atoms with Crippen molar-refractivity contribution in [3.63, 3.8) is 0 Å². The molecule has 3 unspecified atom stereocenters. The quantitative estimate of drug-likeness (QED) is 0.214. The highest BCUT2D eigenvalue weighted by atomic mass is 16.2. The highest BCUT2D eigenvalue weighted by molar-refractivity contribution is 5.99. The monoisotopic (exact) mass is 607 g/mol. The predicted octanol–water partition coefficient (Wildman–Crippen LogP) is 5.68. The van der Waals surface area contributed by atoms with Crippen molar-refractivity contribution in [1.29, 1.82) is 0 Å². The number of hydrogen-bond acceptors (Lipinski definition) is 3. The minimum atomic E-state index is -0.960. The van der Waals surface area contributed by atoms with Crippen molar-refractivity contribution in [2.24, 2.45) is 0 Å². The predicted molar refractivity (Wildman–Crippen MR) is 180 cm³/mol. The largest absolute Gasteiger partial charge is 0.350 e. The second kappa shape index (κ2) is 14.5. The Kier molecular flexibility index (Phi) is 9.64. The Morgan fingerprint density at radius 1 is 0.609 bits per heavy atom. The summed E-state index contributed by atoms with van der Waals surface area (Å²) in [4.78, 5) is 45.3. The smallest absolute Gasteiger partial charge is 0.245 e. The van der Waals surface area contributed by atoms with Crippen molar-refractivity contribution in [3.05, 3.63) is 179 Å². The lowest BCUT2D eigenvalue weighted by Gasteiger charge is -2.46. The molecule has 1 heterocycles. The summed E-state index contributed by atoms with van der Waals surface area (Å²) in [7, 11) is 0. The molecule has 1 aliphatic heterocycles. The minimum Gasteiger partial charge on any atom is -0.350 e. The van der Waals surface area contributed by atoms with Crippen LogP contribution in [0.15, 0.2) is 152 Å². The number of carbonyl (C=O) groups is 3. The Labute approximate surface area is 270 Å². The molecule has 0 radical (unpaired) electrons. The van der Waals surface area contributed by atoms with Crippen LogP contribution in [-0.4, -0.2) is 40.7 Å². The molecule has 0 aromatic heterocycles. The van der Waals surface area contributed by atoms with Crippen LogP contribution in [0.25, 0.3) is 0 Å². The Morgan fingerprint density at radius 3 is 1.54 bits per heavy atom. The van der Waals surface area contributed by atoms with Gasteiger partial charge in [-0.3, -0.25) is 14.4 Å². The number of carbonyl (C=O) groups excluding carboxylic acids is 3. The molecule has 5 aromatic carbocycles. The molecule has 1 aliphatic rings. The summed E-state index contributed by atoms with van der Waals surface area (Å²) in [6.07, 6.45) is 0.661. The molecule has 46 heavy (non-hydrogen) atoms. The SMILES string of the molecule is O=C1NC(Cc2ccccc2)C(C(=O)NCc2ccccc2)N(C(=O)C(c2ccccc2)c2ccccc2)C1Cc1ccccc1. The van der Waals surface area contributed by atoms with E-state index < -0.39 is 24.0 Å². The lowest BCUT2D eigenvalue weighted by Crippen LogP contribution is -2.71. The van der Waals surface area contributed by atoms with Gasteiger partial charge in [0.05, 0.1) is 12.0 Å². The van der Waals surface area contributed by atoms with Crippen LogP contribution in [0.3, 0.4) is 0 Å². The molecule has 3 atom stereocenters. The number of piperazine rings is 1. The third-order valence-electron chi connectivity index (χ3n) is 8.56. The van der Waals surface area contributed by atoms with Gasteiger partial charge in [-0.15, -0.1) is 0 Å². The van der Waals surface area contributed by atoms with Gasteiger partial charge in [-0.25, -0.2) is 0 Å². The highest BCUT2D eigenvalue weighted by Gasteiger charge is 2.49. The molecule has 6 nitrogen and oxygen atoms in total. The van der Waals surface area contributed by atoms with Gasteiger partial charge in [0.25, 0.3) is 0 Å². The van der Waals surface area contributed by atoms with E-state index in [0.717, 1.165) is 27.8 Å². The van der Waals surface area contributed by atoms with Gasteiger partial charge in [-0.1, -0.05) is 152 Å². The van der Waals surface area contributed by atoms with Crippen LogP contribution < -0.4 is 10.6 Å². The number of benzene rings is 5. The standard InChI is InChI=1S/C40H37N3O3/c44-38-35(27-30-18-8-2-9-19-30)43(40(46)36(32-22-12-4-13-23-32)33-24-14-5-15-25-33)37(34(42-38)26-29-16-6-1-7-17-29)39(45)41-28-31-20-10-3-11-21-31/h1-25,34-37H,26-28H2,(H,41,45)(H,42,44). The number of hydrogen-bond donors (Lipinski definition) is 2. The summed E-state index contributed by atoms with van der Waals surface area (Å²) in [5.74, 6) is -1.58. The maximum absolute atomic E-state index is 15.2. The van der Waals surface area contributed by atoms with Crippen LogP contribution in [0.5, 0.6) is 0 Å². The average Bonchev–Trinajstić information content (AvgIpc) is 3.10. The molecule has 230 valence electrons. The van der Waals surface area contributed by atoms with E-state index in [1.54, 1.807) is 4.90 Å². The third kappa shape index (κ3) is 7.08. The van der Waals surface area contributed by atoms with Crippen molar-refractivity contribution < 1.29 is 14.4 Å². The van der Waals surface area contributed by atoms with Crippen molar-refractivity contribution >= 4 is 17.7 Å². The zero-order chi connectivity index (χ0) is 31.7. The average molecular weight is 608 g/mol. The van der Waals surface area contributed by atoms with E-state index in [9.17, 15) is 9.59 Å². The van der Waals surface area contributed by atoms with Gasteiger partial charge in [0, 0.05) is 13.0 Å². The van der Waals surface area contributed by atoms with E-state index in [4.69, 9.17) is 0 Å². The highest BCUT2D eigenvalue weighted by Crippen LogP contribution is 2.32. The van der Waals surface area contributed by atoms with Gasteiger partial charge in [-0.05, 0) is 34.2 Å². The second-order valence-corrected chi connectivity index (χ2v) is 11.7. The van der Waals surface area contributed by atoms with Crippen molar-refractivity contribution in [2.45, 2.75) is 43.4 Å². The van der Waals surface area contributed by atoms with E-state index in [2.05, 4.69) is 10.6 Å². The number of amides is 3. The summed E-state index contributed by atoms with van der Waals surface area (Å²) >= 11 is 0. The van der Waals surface area contributed by atoms with Gasteiger partial charge in [0.15, 0.2) is 0 Å². The van der Waals surface area contributed by atoms with E-state index in [1.165, 1.54) is 0 Å². The molecule has 6 heteroatoms. The summed E-state index contributed by atoms with van der Waals surface area (Å²) in [6, 6.07) is 45.8. The van der Waals surface area contributed by atoms with E-state index in [-0.39, 0.29) is 24.1 Å². The van der Waals surface area contributed by atoms with E-state index in [1.807, 2.05) is 152 Å². The number of rotatable bonds is 10. The number of nitrogens with one attached hydrogen (secondary N) is 2. The molecule has 1 saturated heterocycles. The molecule has 3 amide bonds. The third-order valence-corrected chi connectivity index (χ3v) is 8.56. The van der Waals surface area contributed by atoms with Crippen LogP contribution in [0.1, 0.15) is 33.7 Å². The van der Waals surface area contributed by atoms with Crippen molar-refractivity contribution in [3.8, 4) is 0 Å². The topological polar surface area (TPSA) is 78.5 Å². The van der Waals surface area contributed by atoms with Crippen LogP contribution in [0, 0.1) is 0 Å².